The van der Waals surface area contributed by atoms with Crippen LogP contribution in [0.3, 0.4) is 0 Å². The molecule has 0 heterocycles. The lowest BCUT2D eigenvalue weighted by molar-refractivity contribution is -0.119. The first-order valence-corrected chi connectivity index (χ1v) is 7.58. The molecule has 6 atom stereocenters. The van der Waals surface area contributed by atoms with Crippen molar-refractivity contribution in [2.24, 2.45) is 41.2 Å². The van der Waals surface area contributed by atoms with Gasteiger partial charge in [0.1, 0.15) is 0 Å². The van der Waals surface area contributed by atoms with Crippen molar-refractivity contribution in [3.8, 4) is 0 Å². The van der Waals surface area contributed by atoms with Crippen LogP contribution in [0.1, 0.15) is 44.9 Å². The van der Waals surface area contributed by atoms with Gasteiger partial charge in [0.25, 0.3) is 0 Å². The smallest absolute Gasteiger partial charge is 0.217 e. The fourth-order valence-electron chi connectivity index (χ4n) is 5.42. The van der Waals surface area contributed by atoms with E-state index in [1.165, 1.54) is 25.7 Å². The predicted octanol–water partition coefficient (Wildman–Crippen LogP) is 1.93. The molecule has 4 aliphatic rings. The molecule has 4 fully saturated rings. The minimum atomic E-state index is -0.169. The highest BCUT2D eigenvalue weighted by atomic mass is 16.3. The molecule has 0 aromatic heterocycles. The number of amides is 1. The summed E-state index contributed by atoms with van der Waals surface area (Å²) in [5.41, 5.74) is 5.23. The van der Waals surface area contributed by atoms with Gasteiger partial charge >= 0.3 is 0 Å². The Bertz CT molecular complexity index is 330. The van der Waals surface area contributed by atoms with Gasteiger partial charge in [0.15, 0.2) is 0 Å². The largest absolute Gasteiger partial charge is 0.396 e. The molecule has 4 aliphatic carbocycles. The summed E-state index contributed by atoms with van der Waals surface area (Å²) in [6, 6.07) is 0. The van der Waals surface area contributed by atoms with Gasteiger partial charge in [-0.25, -0.2) is 0 Å². The van der Waals surface area contributed by atoms with Crippen molar-refractivity contribution < 1.29 is 9.90 Å². The Balaban J connectivity index is 1.65. The number of aliphatic hydroxyl groups is 1. The van der Waals surface area contributed by atoms with E-state index in [4.69, 9.17) is 5.73 Å². The van der Waals surface area contributed by atoms with E-state index >= 15 is 0 Å². The van der Waals surface area contributed by atoms with Crippen LogP contribution in [0.25, 0.3) is 0 Å². The molecule has 102 valence electrons. The van der Waals surface area contributed by atoms with E-state index in [1.807, 2.05) is 0 Å². The Labute approximate surface area is 109 Å². The average molecular weight is 251 g/mol. The van der Waals surface area contributed by atoms with Gasteiger partial charge in [-0.15, -0.1) is 0 Å². The van der Waals surface area contributed by atoms with Crippen LogP contribution in [0.5, 0.6) is 0 Å². The van der Waals surface area contributed by atoms with Crippen LogP contribution < -0.4 is 5.73 Å². The van der Waals surface area contributed by atoms with Crippen LogP contribution in [-0.4, -0.2) is 17.6 Å². The molecule has 3 N–H and O–H groups in total. The molecule has 4 bridgehead atoms. The molecular formula is C15H25NO2. The molecule has 0 spiro atoms. The highest BCUT2D eigenvalue weighted by Gasteiger charge is 2.52. The number of hydrogen-bond donors (Lipinski definition) is 2. The Kier molecular flexibility index (Phi) is 3.35. The summed E-state index contributed by atoms with van der Waals surface area (Å²) in [4.78, 5) is 10.8. The number of rotatable bonds is 5. The van der Waals surface area contributed by atoms with Crippen molar-refractivity contribution >= 4 is 5.91 Å². The van der Waals surface area contributed by atoms with E-state index in [9.17, 15) is 9.90 Å². The summed E-state index contributed by atoms with van der Waals surface area (Å²) in [5.74, 6) is 4.49. The highest BCUT2D eigenvalue weighted by molar-refractivity contribution is 5.73. The number of carbonyl (C=O) groups is 1. The van der Waals surface area contributed by atoms with E-state index < -0.39 is 0 Å². The second-order valence-corrected chi connectivity index (χ2v) is 6.86. The molecule has 3 heteroatoms. The summed E-state index contributed by atoms with van der Waals surface area (Å²) in [6.45, 7) is 0.376. The molecule has 4 saturated carbocycles. The second-order valence-electron chi connectivity index (χ2n) is 6.86. The monoisotopic (exact) mass is 251 g/mol. The van der Waals surface area contributed by atoms with Gasteiger partial charge in [0, 0.05) is 13.0 Å². The van der Waals surface area contributed by atoms with Crippen LogP contribution in [0.2, 0.25) is 0 Å². The molecule has 4 rings (SSSR count). The van der Waals surface area contributed by atoms with Gasteiger partial charge in [-0.05, 0) is 74.0 Å². The summed E-state index contributed by atoms with van der Waals surface area (Å²) in [7, 11) is 0. The lowest BCUT2D eigenvalue weighted by Crippen LogP contribution is -2.51. The highest BCUT2D eigenvalue weighted by Crippen LogP contribution is 2.60. The molecule has 0 saturated heterocycles. The van der Waals surface area contributed by atoms with Gasteiger partial charge in [0.05, 0.1) is 0 Å². The first kappa shape index (κ1) is 12.5. The molecule has 3 nitrogen and oxygen atoms in total. The third-order valence-corrected chi connectivity index (χ3v) is 5.97. The van der Waals surface area contributed by atoms with Crippen molar-refractivity contribution in [2.45, 2.75) is 44.9 Å². The fraction of sp³-hybridized carbons (Fsp3) is 0.933. The Morgan fingerprint density at radius 1 is 1.11 bits per heavy atom. The van der Waals surface area contributed by atoms with E-state index in [2.05, 4.69) is 0 Å². The van der Waals surface area contributed by atoms with Crippen LogP contribution in [0, 0.1) is 35.5 Å². The molecule has 18 heavy (non-hydrogen) atoms. The minimum Gasteiger partial charge on any atom is -0.396 e. The number of nitrogens with two attached hydrogens (primary N) is 1. The standard InChI is InChI=1S/C15H25NO2/c16-15(18)3-1-2-12-10-4-9-5-11(7-10)14(8-17)13(12)6-9/h9-14,17H,1-8H2,(H2,16,18). The molecule has 0 aliphatic heterocycles. The van der Waals surface area contributed by atoms with Gasteiger partial charge in [0.2, 0.25) is 5.91 Å². The van der Waals surface area contributed by atoms with Gasteiger partial charge in [-0.2, -0.15) is 0 Å². The topological polar surface area (TPSA) is 63.3 Å². The fourth-order valence-corrected chi connectivity index (χ4v) is 5.42. The molecule has 0 aromatic rings. The average Bonchev–Trinajstić information content (AvgIpc) is 2.32. The summed E-state index contributed by atoms with van der Waals surface area (Å²) in [5, 5.41) is 9.66. The van der Waals surface area contributed by atoms with E-state index in [0.29, 0.717) is 18.9 Å². The van der Waals surface area contributed by atoms with Crippen LogP contribution >= 0.6 is 0 Å². The maximum atomic E-state index is 10.8. The van der Waals surface area contributed by atoms with Gasteiger partial charge in [-0.1, -0.05) is 0 Å². The molecule has 0 aromatic carbocycles. The first-order chi connectivity index (χ1) is 8.69. The number of hydrogen-bond acceptors (Lipinski definition) is 2. The Hall–Kier alpha value is -0.570. The van der Waals surface area contributed by atoms with E-state index in [0.717, 1.165) is 42.4 Å². The van der Waals surface area contributed by atoms with Crippen molar-refractivity contribution in [2.75, 3.05) is 6.61 Å². The Morgan fingerprint density at radius 3 is 2.50 bits per heavy atom. The van der Waals surface area contributed by atoms with Gasteiger partial charge in [-0.3, -0.25) is 4.79 Å². The molecular weight excluding hydrogens is 226 g/mol. The predicted molar refractivity (Wildman–Crippen MR) is 69.5 cm³/mol. The zero-order chi connectivity index (χ0) is 12.7. The van der Waals surface area contributed by atoms with Crippen LogP contribution in [0.15, 0.2) is 0 Å². The van der Waals surface area contributed by atoms with Gasteiger partial charge < -0.3 is 10.8 Å². The quantitative estimate of drug-likeness (QED) is 0.784. The third-order valence-electron chi connectivity index (χ3n) is 5.97. The third kappa shape index (κ3) is 2.07. The maximum Gasteiger partial charge on any atom is 0.217 e. The first-order valence-electron chi connectivity index (χ1n) is 7.58. The zero-order valence-corrected chi connectivity index (χ0v) is 11.1. The molecule has 1 amide bonds. The van der Waals surface area contributed by atoms with E-state index in [1.54, 1.807) is 0 Å². The normalized spacial score (nSPS) is 45.4. The minimum absolute atomic E-state index is 0.169. The second kappa shape index (κ2) is 4.84. The van der Waals surface area contributed by atoms with Crippen molar-refractivity contribution in [1.82, 2.24) is 0 Å². The van der Waals surface area contributed by atoms with Crippen molar-refractivity contribution in [1.29, 1.82) is 0 Å². The number of carbonyl (C=O) groups excluding carboxylic acids is 1. The van der Waals surface area contributed by atoms with Crippen LogP contribution in [0.4, 0.5) is 0 Å². The lowest BCUT2D eigenvalue weighted by Gasteiger charge is -2.58. The number of primary amides is 1. The lowest BCUT2D eigenvalue weighted by atomic mass is 9.47. The molecule has 6 unspecified atom stereocenters. The maximum absolute atomic E-state index is 10.8. The summed E-state index contributed by atoms with van der Waals surface area (Å²) >= 11 is 0. The van der Waals surface area contributed by atoms with E-state index in [-0.39, 0.29) is 5.91 Å². The summed E-state index contributed by atoms with van der Waals surface area (Å²) < 4.78 is 0. The van der Waals surface area contributed by atoms with Crippen molar-refractivity contribution in [3.63, 3.8) is 0 Å². The number of aliphatic hydroxyl groups excluding tert-OH is 1. The summed E-state index contributed by atoms with van der Waals surface area (Å²) in [6.07, 6.45) is 8.07. The Morgan fingerprint density at radius 2 is 1.83 bits per heavy atom. The zero-order valence-electron chi connectivity index (χ0n) is 11.1. The SMILES string of the molecule is NC(=O)CCCC1C2CC3CC(C2)C(CO)C1C3. The molecule has 0 radical (unpaired) electrons. The van der Waals surface area contributed by atoms with Crippen molar-refractivity contribution in [3.05, 3.63) is 0 Å². The van der Waals surface area contributed by atoms with Crippen LogP contribution in [-0.2, 0) is 4.79 Å².